The van der Waals surface area contributed by atoms with Crippen LogP contribution in [0.15, 0.2) is 67.3 Å². The molecular formula is C20H19N3O2. The van der Waals surface area contributed by atoms with Crippen LogP contribution in [0.5, 0.6) is 5.75 Å². The standard InChI is InChI=1S/C20H19N3O2/c24-20(16-5-7-18(8-6-16)23-10-9-21-14-23)22-12-15-11-17-3-1-2-4-19(17)25-13-15/h1-10,14-15H,11-13H2,(H,22,24). The van der Waals surface area contributed by atoms with E-state index in [1.54, 1.807) is 12.5 Å². The number of amides is 1. The summed E-state index contributed by atoms with van der Waals surface area (Å²) in [4.78, 5) is 16.4. The highest BCUT2D eigenvalue weighted by atomic mass is 16.5. The summed E-state index contributed by atoms with van der Waals surface area (Å²) in [7, 11) is 0. The number of para-hydroxylation sites is 1. The van der Waals surface area contributed by atoms with Gasteiger partial charge in [0.2, 0.25) is 0 Å². The van der Waals surface area contributed by atoms with Crippen LogP contribution in [0.4, 0.5) is 0 Å². The average Bonchev–Trinajstić information content (AvgIpc) is 3.21. The van der Waals surface area contributed by atoms with Gasteiger partial charge in [-0.15, -0.1) is 0 Å². The zero-order chi connectivity index (χ0) is 17.1. The number of aromatic nitrogens is 2. The first-order valence-electron chi connectivity index (χ1n) is 8.37. The average molecular weight is 333 g/mol. The third-order valence-corrected chi connectivity index (χ3v) is 4.44. The molecule has 1 N–H and O–H groups in total. The molecule has 5 heteroatoms. The maximum Gasteiger partial charge on any atom is 0.251 e. The minimum absolute atomic E-state index is 0.0592. The molecule has 1 atom stereocenters. The van der Waals surface area contributed by atoms with Crippen LogP contribution in [0, 0.1) is 5.92 Å². The summed E-state index contributed by atoms with van der Waals surface area (Å²) in [6.07, 6.45) is 6.26. The largest absolute Gasteiger partial charge is 0.493 e. The molecule has 1 aromatic heterocycles. The molecule has 0 bridgehead atoms. The molecule has 0 spiro atoms. The predicted molar refractivity (Wildman–Crippen MR) is 95.0 cm³/mol. The number of ether oxygens (including phenoxy) is 1. The van der Waals surface area contributed by atoms with Crippen LogP contribution in [0.2, 0.25) is 0 Å². The number of carbonyl (C=O) groups is 1. The Kier molecular flexibility index (Phi) is 4.21. The van der Waals surface area contributed by atoms with Crippen molar-refractivity contribution < 1.29 is 9.53 Å². The number of nitrogens with zero attached hydrogens (tertiary/aromatic N) is 2. The third kappa shape index (κ3) is 3.40. The van der Waals surface area contributed by atoms with Gasteiger partial charge >= 0.3 is 0 Å². The van der Waals surface area contributed by atoms with E-state index in [1.807, 2.05) is 53.2 Å². The smallest absolute Gasteiger partial charge is 0.251 e. The van der Waals surface area contributed by atoms with Crippen LogP contribution in [0.1, 0.15) is 15.9 Å². The van der Waals surface area contributed by atoms with E-state index < -0.39 is 0 Å². The van der Waals surface area contributed by atoms with E-state index in [-0.39, 0.29) is 5.91 Å². The van der Waals surface area contributed by atoms with Crippen LogP contribution in [-0.4, -0.2) is 28.6 Å². The fraction of sp³-hybridized carbons (Fsp3) is 0.200. The van der Waals surface area contributed by atoms with E-state index in [0.717, 1.165) is 17.9 Å². The lowest BCUT2D eigenvalue weighted by atomic mass is 9.96. The quantitative estimate of drug-likeness (QED) is 0.799. The van der Waals surface area contributed by atoms with Crippen LogP contribution in [0.25, 0.3) is 5.69 Å². The summed E-state index contributed by atoms with van der Waals surface area (Å²) < 4.78 is 7.67. The second kappa shape index (κ2) is 6.81. The maximum absolute atomic E-state index is 12.4. The molecule has 0 radical (unpaired) electrons. The van der Waals surface area contributed by atoms with Crippen molar-refractivity contribution in [2.24, 2.45) is 5.92 Å². The van der Waals surface area contributed by atoms with Gasteiger partial charge in [0.1, 0.15) is 5.75 Å². The van der Waals surface area contributed by atoms with Crippen molar-refractivity contribution in [3.8, 4) is 11.4 Å². The van der Waals surface area contributed by atoms with E-state index >= 15 is 0 Å². The van der Waals surface area contributed by atoms with Gasteiger partial charge in [-0.2, -0.15) is 0 Å². The molecule has 1 unspecified atom stereocenters. The van der Waals surface area contributed by atoms with Crippen LogP contribution < -0.4 is 10.1 Å². The van der Waals surface area contributed by atoms with Gasteiger partial charge < -0.3 is 14.6 Å². The minimum atomic E-state index is -0.0592. The fourth-order valence-electron chi connectivity index (χ4n) is 3.06. The molecule has 0 saturated heterocycles. The number of carbonyl (C=O) groups excluding carboxylic acids is 1. The summed E-state index contributed by atoms with van der Waals surface area (Å²) in [5.41, 5.74) is 2.84. The van der Waals surface area contributed by atoms with E-state index in [4.69, 9.17) is 4.74 Å². The summed E-state index contributed by atoms with van der Waals surface area (Å²) in [6, 6.07) is 15.6. The Hall–Kier alpha value is -3.08. The molecule has 25 heavy (non-hydrogen) atoms. The molecule has 4 rings (SSSR count). The number of fused-ring (bicyclic) bond motifs is 1. The number of nitrogens with one attached hydrogen (secondary N) is 1. The van der Waals surface area contributed by atoms with Crippen LogP contribution in [0.3, 0.4) is 0 Å². The number of imidazole rings is 1. The Morgan fingerprint density at radius 3 is 2.84 bits per heavy atom. The molecule has 1 aliphatic rings. The fourth-order valence-corrected chi connectivity index (χ4v) is 3.06. The van der Waals surface area contributed by atoms with Crippen LogP contribution in [-0.2, 0) is 6.42 Å². The van der Waals surface area contributed by atoms with Crippen LogP contribution >= 0.6 is 0 Å². The van der Waals surface area contributed by atoms with Crippen molar-refractivity contribution in [3.63, 3.8) is 0 Å². The first kappa shape index (κ1) is 15.4. The highest BCUT2D eigenvalue weighted by molar-refractivity contribution is 5.94. The molecule has 0 fully saturated rings. The van der Waals surface area contributed by atoms with E-state index in [1.165, 1.54) is 5.56 Å². The normalized spacial score (nSPS) is 15.9. The lowest BCUT2D eigenvalue weighted by molar-refractivity contribution is 0.0939. The Labute approximate surface area is 146 Å². The van der Waals surface area contributed by atoms with E-state index in [0.29, 0.717) is 24.6 Å². The predicted octanol–water partition coefficient (Wildman–Crippen LogP) is 2.85. The van der Waals surface area contributed by atoms with Crippen molar-refractivity contribution in [1.82, 2.24) is 14.9 Å². The molecule has 126 valence electrons. The second-order valence-corrected chi connectivity index (χ2v) is 6.22. The zero-order valence-corrected chi connectivity index (χ0v) is 13.8. The number of hydrogen-bond acceptors (Lipinski definition) is 3. The van der Waals surface area contributed by atoms with Gasteiger partial charge in [0.05, 0.1) is 12.9 Å². The number of benzene rings is 2. The molecule has 2 heterocycles. The van der Waals surface area contributed by atoms with E-state index in [9.17, 15) is 4.79 Å². The number of rotatable bonds is 4. The molecule has 1 aliphatic heterocycles. The van der Waals surface area contributed by atoms with Gasteiger partial charge in [0.15, 0.2) is 0 Å². The SMILES string of the molecule is O=C(NCC1COc2ccccc2C1)c1ccc(-n2ccnc2)cc1. The lowest BCUT2D eigenvalue weighted by Gasteiger charge is -2.25. The summed E-state index contributed by atoms with van der Waals surface area (Å²) >= 11 is 0. The van der Waals surface area contributed by atoms with Crippen molar-refractivity contribution >= 4 is 5.91 Å². The van der Waals surface area contributed by atoms with Crippen molar-refractivity contribution in [2.75, 3.05) is 13.2 Å². The molecule has 2 aromatic carbocycles. The molecule has 3 aromatic rings. The molecule has 0 aliphatic carbocycles. The highest BCUT2D eigenvalue weighted by Gasteiger charge is 2.20. The topological polar surface area (TPSA) is 56.1 Å². The summed E-state index contributed by atoms with van der Waals surface area (Å²) in [5.74, 6) is 1.19. The first-order valence-corrected chi connectivity index (χ1v) is 8.37. The van der Waals surface area contributed by atoms with Gasteiger partial charge in [0, 0.05) is 36.1 Å². The highest BCUT2D eigenvalue weighted by Crippen LogP contribution is 2.26. The summed E-state index contributed by atoms with van der Waals surface area (Å²) in [5, 5.41) is 3.02. The Morgan fingerprint density at radius 2 is 2.04 bits per heavy atom. The third-order valence-electron chi connectivity index (χ3n) is 4.44. The molecule has 5 nitrogen and oxygen atoms in total. The molecule has 1 amide bonds. The molecular weight excluding hydrogens is 314 g/mol. The minimum Gasteiger partial charge on any atom is -0.493 e. The second-order valence-electron chi connectivity index (χ2n) is 6.22. The van der Waals surface area contributed by atoms with Gasteiger partial charge in [-0.05, 0) is 42.3 Å². The Balaban J connectivity index is 1.35. The maximum atomic E-state index is 12.4. The monoisotopic (exact) mass is 333 g/mol. The Bertz CT molecular complexity index is 857. The summed E-state index contributed by atoms with van der Waals surface area (Å²) in [6.45, 7) is 1.24. The van der Waals surface area contributed by atoms with E-state index in [2.05, 4.69) is 16.4 Å². The Morgan fingerprint density at radius 1 is 1.20 bits per heavy atom. The van der Waals surface area contributed by atoms with Crippen molar-refractivity contribution in [2.45, 2.75) is 6.42 Å². The van der Waals surface area contributed by atoms with Crippen molar-refractivity contribution in [1.29, 1.82) is 0 Å². The number of hydrogen-bond donors (Lipinski definition) is 1. The van der Waals surface area contributed by atoms with Gasteiger partial charge in [-0.25, -0.2) is 4.98 Å². The first-order chi connectivity index (χ1) is 12.3. The lowest BCUT2D eigenvalue weighted by Crippen LogP contribution is -2.34. The van der Waals surface area contributed by atoms with Gasteiger partial charge in [0.25, 0.3) is 5.91 Å². The van der Waals surface area contributed by atoms with Gasteiger partial charge in [-0.1, -0.05) is 18.2 Å². The van der Waals surface area contributed by atoms with Crippen molar-refractivity contribution in [3.05, 3.63) is 78.4 Å². The van der Waals surface area contributed by atoms with Gasteiger partial charge in [-0.3, -0.25) is 4.79 Å². The molecule has 0 saturated carbocycles. The zero-order valence-electron chi connectivity index (χ0n) is 13.8.